The van der Waals surface area contributed by atoms with Crippen molar-refractivity contribution in [2.45, 2.75) is 44.2 Å². The van der Waals surface area contributed by atoms with E-state index in [1.807, 2.05) is 7.05 Å². The predicted octanol–water partition coefficient (Wildman–Crippen LogP) is 3.18. The zero-order valence-electron chi connectivity index (χ0n) is 17.2. The molecule has 6 nitrogen and oxygen atoms in total. The van der Waals surface area contributed by atoms with Crippen LogP contribution in [0.25, 0.3) is 0 Å². The second-order valence-corrected chi connectivity index (χ2v) is 7.35. The van der Waals surface area contributed by atoms with Gasteiger partial charge in [0.25, 0.3) is 0 Å². The maximum atomic E-state index is 5.69. The molecule has 28 heavy (non-hydrogen) atoms. The lowest BCUT2D eigenvalue weighted by Gasteiger charge is -2.35. The second-order valence-electron chi connectivity index (χ2n) is 7.35. The van der Waals surface area contributed by atoms with Crippen molar-refractivity contribution in [3.63, 3.8) is 0 Å². The van der Waals surface area contributed by atoms with Crippen LogP contribution in [-0.2, 0) is 4.74 Å². The van der Waals surface area contributed by atoms with E-state index in [9.17, 15) is 0 Å². The molecule has 0 bridgehead atoms. The minimum Gasteiger partial charge on any atom is -0.497 e. The zero-order chi connectivity index (χ0) is 18.9. The van der Waals surface area contributed by atoms with E-state index < -0.39 is 0 Å². The van der Waals surface area contributed by atoms with E-state index >= 15 is 0 Å². The Hall–Kier alpha value is -1.06. The van der Waals surface area contributed by atoms with Crippen LogP contribution in [0.2, 0.25) is 0 Å². The van der Waals surface area contributed by atoms with Crippen molar-refractivity contribution in [2.75, 3.05) is 46.9 Å². The monoisotopic (exact) mass is 502 g/mol. The molecule has 2 heterocycles. The van der Waals surface area contributed by atoms with Gasteiger partial charge in [0, 0.05) is 26.7 Å². The van der Waals surface area contributed by atoms with Crippen molar-refractivity contribution >= 4 is 29.9 Å². The molecular weight excluding hydrogens is 467 g/mol. The molecule has 0 aromatic heterocycles. The SMILES string of the molecule is CN=C(NCC1CCCO1)NCC(c1ccc(OC)cc1)N1CCCCC1.I. The fourth-order valence-corrected chi connectivity index (χ4v) is 3.94. The average molecular weight is 502 g/mol. The number of benzene rings is 1. The Bertz CT molecular complexity index is 585. The van der Waals surface area contributed by atoms with Crippen molar-refractivity contribution in [2.24, 2.45) is 4.99 Å². The Labute approximate surface area is 186 Å². The fraction of sp³-hybridized carbons (Fsp3) is 0.667. The summed E-state index contributed by atoms with van der Waals surface area (Å²) in [5.74, 6) is 1.75. The molecule has 2 atom stereocenters. The molecule has 2 fully saturated rings. The number of hydrogen-bond acceptors (Lipinski definition) is 4. The molecule has 2 unspecified atom stereocenters. The molecule has 1 aromatic carbocycles. The molecule has 3 rings (SSSR count). The van der Waals surface area contributed by atoms with Gasteiger partial charge in [0.2, 0.25) is 0 Å². The fourth-order valence-electron chi connectivity index (χ4n) is 3.94. The summed E-state index contributed by atoms with van der Waals surface area (Å²) in [7, 11) is 3.54. The van der Waals surface area contributed by atoms with Crippen molar-refractivity contribution < 1.29 is 9.47 Å². The lowest BCUT2D eigenvalue weighted by atomic mass is 10.0. The van der Waals surface area contributed by atoms with E-state index in [4.69, 9.17) is 9.47 Å². The van der Waals surface area contributed by atoms with E-state index in [-0.39, 0.29) is 24.0 Å². The first kappa shape index (κ1) is 23.2. The molecule has 1 aromatic rings. The van der Waals surface area contributed by atoms with Crippen LogP contribution in [-0.4, -0.2) is 63.9 Å². The van der Waals surface area contributed by atoms with Crippen LogP contribution < -0.4 is 15.4 Å². The number of methoxy groups -OCH3 is 1. The number of ether oxygens (including phenoxy) is 2. The highest BCUT2D eigenvalue weighted by atomic mass is 127. The molecule has 2 aliphatic heterocycles. The van der Waals surface area contributed by atoms with Gasteiger partial charge in [-0.05, 0) is 56.5 Å². The maximum absolute atomic E-state index is 5.69. The number of hydrogen-bond donors (Lipinski definition) is 2. The third kappa shape index (κ3) is 6.77. The molecule has 158 valence electrons. The Morgan fingerprint density at radius 2 is 1.93 bits per heavy atom. The summed E-state index contributed by atoms with van der Waals surface area (Å²) in [5, 5.41) is 6.94. The van der Waals surface area contributed by atoms with Crippen molar-refractivity contribution in [1.29, 1.82) is 0 Å². The van der Waals surface area contributed by atoms with E-state index in [2.05, 4.69) is 44.8 Å². The summed E-state index contributed by atoms with van der Waals surface area (Å²) in [6.45, 7) is 4.83. The molecule has 2 N–H and O–H groups in total. The maximum Gasteiger partial charge on any atom is 0.191 e. The van der Waals surface area contributed by atoms with E-state index in [1.165, 1.54) is 24.8 Å². The molecule has 0 amide bonds. The van der Waals surface area contributed by atoms with Gasteiger partial charge < -0.3 is 20.1 Å². The molecule has 0 spiro atoms. The first-order valence-corrected chi connectivity index (χ1v) is 10.2. The highest BCUT2D eigenvalue weighted by Gasteiger charge is 2.23. The Balaban J connectivity index is 0.00000280. The summed E-state index contributed by atoms with van der Waals surface area (Å²) in [6.07, 6.45) is 6.49. The number of guanidine groups is 1. The number of rotatable bonds is 7. The lowest BCUT2D eigenvalue weighted by Crippen LogP contribution is -2.46. The van der Waals surface area contributed by atoms with Crippen molar-refractivity contribution in [3.8, 4) is 5.75 Å². The highest BCUT2D eigenvalue weighted by Crippen LogP contribution is 2.25. The van der Waals surface area contributed by atoms with Gasteiger partial charge in [0.15, 0.2) is 5.96 Å². The number of nitrogens with zero attached hydrogens (tertiary/aromatic N) is 2. The number of aliphatic imine (C=N–C) groups is 1. The normalized spacial score (nSPS) is 21.6. The van der Waals surface area contributed by atoms with E-state index in [1.54, 1.807) is 7.11 Å². The minimum atomic E-state index is 0. The van der Waals surface area contributed by atoms with Gasteiger partial charge in [-0.1, -0.05) is 18.6 Å². The molecule has 0 aliphatic carbocycles. The summed E-state index contributed by atoms with van der Waals surface area (Å²) in [4.78, 5) is 6.98. The van der Waals surface area contributed by atoms with E-state index in [0.29, 0.717) is 12.1 Å². The minimum absolute atomic E-state index is 0. The third-order valence-electron chi connectivity index (χ3n) is 5.54. The van der Waals surface area contributed by atoms with Crippen LogP contribution in [0, 0.1) is 0 Å². The predicted molar refractivity (Wildman–Crippen MR) is 125 cm³/mol. The lowest BCUT2D eigenvalue weighted by molar-refractivity contribution is 0.113. The quantitative estimate of drug-likeness (QED) is 0.341. The first-order valence-electron chi connectivity index (χ1n) is 10.2. The first-order chi connectivity index (χ1) is 13.3. The summed E-state index contributed by atoms with van der Waals surface area (Å²) >= 11 is 0. The molecule has 0 saturated carbocycles. The van der Waals surface area contributed by atoms with Crippen LogP contribution >= 0.6 is 24.0 Å². The Morgan fingerprint density at radius 1 is 1.18 bits per heavy atom. The summed E-state index contributed by atoms with van der Waals surface area (Å²) in [5.41, 5.74) is 1.32. The molecule has 7 heteroatoms. The third-order valence-corrected chi connectivity index (χ3v) is 5.54. The molecule has 0 radical (unpaired) electrons. The van der Waals surface area contributed by atoms with E-state index in [0.717, 1.165) is 57.3 Å². The molecule has 2 aliphatic rings. The van der Waals surface area contributed by atoms with Crippen LogP contribution in [0.3, 0.4) is 0 Å². The summed E-state index contributed by atoms with van der Waals surface area (Å²) < 4.78 is 11.0. The average Bonchev–Trinajstić information content (AvgIpc) is 3.25. The number of nitrogens with one attached hydrogen (secondary N) is 2. The van der Waals surface area contributed by atoms with Crippen molar-refractivity contribution in [1.82, 2.24) is 15.5 Å². The van der Waals surface area contributed by atoms with Gasteiger partial charge in [-0.3, -0.25) is 9.89 Å². The Kier molecular flexibility index (Phi) is 10.4. The number of halogens is 1. The van der Waals surface area contributed by atoms with Gasteiger partial charge in [-0.25, -0.2) is 0 Å². The molecular formula is C21H35IN4O2. The van der Waals surface area contributed by atoms with Crippen LogP contribution in [0.1, 0.15) is 43.7 Å². The highest BCUT2D eigenvalue weighted by molar-refractivity contribution is 14.0. The van der Waals surface area contributed by atoms with Gasteiger partial charge in [-0.15, -0.1) is 24.0 Å². The number of likely N-dealkylation sites (tertiary alicyclic amines) is 1. The largest absolute Gasteiger partial charge is 0.497 e. The smallest absolute Gasteiger partial charge is 0.191 e. The van der Waals surface area contributed by atoms with Gasteiger partial charge in [0.05, 0.1) is 19.3 Å². The topological polar surface area (TPSA) is 58.1 Å². The van der Waals surface area contributed by atoms with Gasteiger partial charge in [0.1, 0.15) is 5.75 Å². The number of piperidine rings is 1. The summed E-state index contributed by atoms with van der Waals surface area (Å²) in [6, 6.07) is 8.80. The molecule has 2 saturated heterocycles. The van der Waals surface area contributed by atoms with Crippen molar-refractivity contribution in [3.05, 3.63) is 29.8 Å². The van der Waals surface area contributed by atoms with Gasteiger partial charge >= 0.3 is 0 Å². The van der Waals surface area contributed by atoms with Crippen LogP contribution in [0.5, 0.6) is 5.75 Å². The standard InChI is InChI=1S/C21H34N4O2.HI/c1-22-21(23-15-19-7-6-14-27-19)24-16-20(25-12-4-3-5-13-25)17-8-10-18(26-2)11-9-17;/h8-11,19-20H,3-7,12-16H2,1-2H3,(H2,22,23,24);1H. The van der Waals surface area contributed by atoms with Gasteiger partial charge in [-0.2, -0.15) is 0 Å². The van der Waals surface area contributed by atoms with Crippen LogP contribution in [0.15, 0.2) is 29.3 Å². The van der Waals surface area contributed by atoms with Crippen LogP contribution in [0.4, 0.5) is 0 Å². The second kappa shape index (κ2) is 12.5. The zero-order valence-corrected chi connectivity index (χ0v) is 19.5. The Morgan fingerprint density at radius 3 is 2.54 bits per heavy atom.